The zero-order valence-electron chi connectivity index (χ0n) is 11.4. The number of rotatable bonds is 1. The number of hydrogen-bond acceptors (Lipinski definition) is 2. The molecule has 0 N–H and O–H groups in total. The van der Waals surface area contributed by atoms with E-state index in [0.717, 1.165) is 12.8 Å². The first-order valence-corrected chi connectivity index (χ1v) is 6.97. The van der Waals surface area contributed by atoms with Crippen LogP contribution < -0.4 is 0 Å². The highest BCUT2D eigenvalue weighted by molar-refractivity contribution is 5.90. The largest absolute Gasteiger partial charge is 0.471 e. The fourth-order valence-electron chi connectivity index (χ4n) is 2.87. The Hall–Kier alpha value is -1.27. The van der Waals surface area contributed by atoms with Gasteiger partial charge in [-0.15, -0.1) is 0 Å². The number of carbonyl (C=O) groups is 2. The van der Waals surface area contributed by atoms with Gasteiger partial charge in [-0.3, -0.25) is 9.59 Å². The van der Waals surface area contributed by atoms with E-state index in [4.69, 9.17) is 0 Å². The molecule has 0 radical (unpaired) electrons. The Morgan fingerprint density at radius 3 is 2.20 bits per heavy atom. The maximum Gasteiger partial charge on any atom is 0.471 e. The minimum absolute atomic E-state index is 0.0129. The number of hydrogen-bond donors (Lipinski definition) is 0. The molecular formula is C13H19F3N2O2. The van der Waals surface area contributed by atoms with Crippen LogP contribution in [-0.4, -0.2) is 53.5 Å². The van der Waals surface area contributed by atoms with Crippen molar-refractivity contribution in [3.05, 3.63) is 0 Å². The molecule has 2 aliphatic heterocycles. The van der Waals surface area contributed by atoms with Gasteiger partial charge in [-0.2, -0.15) is 13.2 Å². The van der Waals surface area contributed by atoms with Crippen molar-refractivity contribution in [1.29, 1.82) is 0 Å². The summed E-state index contributed by atoms with van der Waals surface area (Å²) in [5.74, 6) is -1.68. The molecule has 2 saturated heterocycles. The van der Waals surface area contributed by atoms with Crippen LogP contribution in [0.3, 0.4) is 0 Å². The Morgan fingerprint density at radius 2 is 1.65 bits per heavy atom. The van der Waals surface area contributed by atoms with E-state index >= 15 is 0 Å². The van der Waals surface area contributed by atoms with Crippen LogP contribution in [0.2, 0.25) is 0 Å². The lowest BCUT2D eigenvalue weighted by molar-refractivity contribution is -0.187. The molecule has 2 aliphatic rings. The molecule has 2 rings (SSSR count). The summed E-state index contributed by atoms with van der Waals surface area (Å²) in [6.07, 6.45) is -2.40. The molecule has 1 atom stereocenters. The normalized spacial score (nSPS) is 25.1. The van der Waals surface area contributed by atoms with Crippen LogP contribution in [0.25, 0.3) is 0 Å². The maximum absolute atomic E-state index is 12.5. The van der Waals surface area contributed by atoms with E-state index in [1.807, 2.05) is 0 Å². The first-order chi connectivity index (χ1) is 9.30. The molecule has 2 heterocycles. The lowest BCUT2D eigenvalue weighted by Crippen LogP contribution is -2.52. The minimum atomic E-state index is -4.90. The van der Waals surface area contributed by atoms with Crippen LogP contribution in [-0.2, 0) is 9.59 Å². The van der Waals surface area contributed by atoms with Gasteiger partial charge in [-0.25, -0.2) is 0 Å². The number of carbonyl (C=O) groups excluding carboxylic acids is 2. The van der Waals surface area contributed by atoms with Crippen LogP contribution >= 0.6 is 0 Å². The second-order valence-corrected chi connectivity index (χ2v) is 5.66. The smallest absolute Gasteiger partial charge is 0.341 e. The number of amides is 2. The van der Waals surface area contributed by atoms with Gasteiger partial charge in [0.2, 0.25) is 5.91 Å². The van der Waals surface area contributed by atoms with Gasteiger partial charge in [0.25, 0.3) is 0 Å². The quantitative estimate of drug-likeness (QED) is 0.739. The number of alkyl halides is 3. The van der Waals surface area contributed by atoms with Crippen LogP contribution in [0.5, 0.6) is 0 Å². The molecule has 114 valence electrons. The SMILES string of the molecule is CC1CCN(C(=O)C2CCCN2C(=O)C(F)(F)F)CC1. The standard InChI is InChI=1S/C13H19F3N2O2/c1-9-4-7-17(8-5-9)11(19)10-3-2-6-18(10)12(20)13(14,15)16/h9-10H,2-8H2,1H3. The first kappa shape index (κ1) is 15.1. The number of likely N-dealkylation sites (tertiary alicyclic amines) is 2. The molecule has 7 heteroatoms. The van der Waals surface area contributed by atoms with Crippen molar-refractivity contribution in [3.63, 3.8) is 0 Å². The highest BCUT2D eigenvalue weighted by Crippen LogP contribution is 2.27. The number of halogens is 3. The predicted molar refractivity (Wildman–Crippen MR) is 65.8 cm³/mol. The van der Waals surface area contributed by atoms with Crippen molar-refractivity contribution in [2.75, 3.05) is 19.6 Å². The summed E-state index contributed by atoms with van der Waals surface area (Å²) in [5, 5.41) is 0. The third kappa shape index (κ3) is 3.07. The molecule has 2 amide bonds. The summed E-state index contributed by atoms with van der Waals surface area (Å²) in [4.78, 5) is 26.0. The molecule has 0 aromatic carbocycles. The lowest BCUT2D eigenvalue weighted by Gasteiger charge is -2.34. The molecule has 0 spiro atoms. The monoisotopic (exact) mass is 292 g/mol. The van der Waals surface area contributed by atoms with Crippen LogP contribution in [0.1, 0.15) is 32.6 Å². The molecule has 1 unspecified atom stereocenters. The van der Waals surface area contributed by atoms with Crippen molar-refractivity contribution in [2.45, 2.75) is 44.8 Å². The van der Waals surface area contributed by atoms with Gasteiger partial charge in [0.1, 0.15) is 6.04 Å². The van der Waals surface area contributed by atoms with Crippen molar-refractivity contribution < 1.29 is 22.8 Å². The van der Waals surface area contributed by atoms with Gasteiger partial charge in [0.05, 0.1) is 0 Å². The topological polar surface area (TPSA) is 40.6 Å². The lowest BCUT2D eigenvalue weighted by atomic mass is 9.98. The highest BCUT2D eigenvalue weighted by atomic mass is 19.4. The van der Waals surface area contributed by atoms with Crippen molar-refractivity contribution in [1.82, 2.24) is 9.80 Å². The molecule has 0 bridgehead atoms. The van der Waals surface area contributed by atoms with E-state index in [-0.39, 0.29) is 12.5 Å². The van der Waals surface area contributed by atoms with E-state index in [1.165, 1.54) is 0 Å². The number of nitrogens with zero attached hydrogens (tertiary/aromatic N) is 2. The molecule has 20 heavy (non-hydrogen) atoms. The zero-order valence-corrected chi connectivity index (χ0v) is 11.4. The summed E-state index contributed by atoms with van der Waals surface area (Å²) >= 11 is 0. The third-order valence-electron chi connectivity index (χ3n) is 4.14. The maximum atomic E-state index is 12.5. The molecular weight excluding hydrogens is 273 g/mol. The summed E-state index contributed by atoms with van der Waals surface area (Å²) in [5.41, 5.74) is 0. The van der Waals surface area contributed by atoms with E-state index in [2.05, 4.69) is 6.92 Å². The van der Waals surface area contributed by atoms with Gasteiger partial charge >= 0.3 is 12.1 Å². The van der Waals surface area contributed by atoms with Gasteiger partial charge in [0.15, 0.2) is 0 Å². The Labute approximate surface area is 115 Å². The third-order valence-corrected chi connectivity index (χ3v) is 4.14. The van der Waals surface area contributed by atoms with Crippen molar-refractivity contribution in [3.8, 4) is 0 Å². The Kier molecular flexibility index (Phi) is 4.25. The summed E-state index contributed by atoms with van der Waals surface area (Å²) in [6.45, 7) is 3.25. The van der Waals surface area contributed by atoms with Crippen LogP contribution in [0.15, 0.2) is 0 Å². The molecule has 4 nitrogen and oxygen atoms in total. The van der Waals surface area contributed by atoms with Crippen LogP contribution in [0.4, 0.5) is 13.2 Å². The van der Waals surface area contributed by atoms with Crippen LogP contribution in [0, 0.1) is 5.92 Å². The average molecular weight is 292 g/mol. The molecule has 0 aliphatic carbocycles. The van der Waals surface area contributed by atoms with Crippen molar-refractivity contribution in [2.24, 2.45) is 5.92 Å². The van der Waals surface area contributed by atoms with E-state index in [1.54, 1.807) is 4.90 Å². The van der Waals surface area contributed by atoms with Gasteiger partial charge in [0, 0.05) is 19.6 Å². The number of piperidine rings is 1. The molecule has 0 aromatic rings. The second-order valence-electron chi connectivity index (χ2n) is 5.66. The van der Waals surface area contributed by atoms with Gasteiger partial charge in [-0.05, 0) is 31.6 Å². The highest BCUT2D eigenvalue weighted by Gasteiger charge is 2.48. The molecule has 0 aromatic heterocycles. The van der Waals surface area contributed by atoms with Crippen molar-refractivity contribution >= 4 is 11.8 Å². The van der Waals surface area contributed by atoms with E-state index in [9.17, 15) is 22.8 Å². The Balaban J connectivity index is 2.03. The van der Waals surface area contributed by atoms with Gasteiger partial charge in [-0.1, -0.05) is 6.92 Å². The second kappa shape index (κ2) is 5.61. The summed E-state index contributed by atoms with van der Waals surface area (Å²) in [6, 6.07) is -0.933. The molecule has 2 fully saturated rings. The van der Waals surface area contributed by atoms with E-state index < -0.39 is 18.1 Å². The summed E-state index contributed by atoms with van der Waals surface area (Å²) < 4.78 is 37.5. The van der Waals surface area contributed by atoms with Gasteiger partial charge < -0.3 is 9.80 Å². The Bertz CT molecular complexity index is 390. The molecule has 0 saturated carbocycles. The van der Waals surface area contributed by atoms with E-state index in [0.29, 0.717) is 36.7 Å². The fraction of sp³-hybridized carbons (Fsp3) is 0.846. The zero-order chi connectivity index (χ0) is 14.9. The summed E-state index contributed by atoms with van der Waals surface area (Å²) in [7, 11) is 0. The average Bonchev–Trinajstić information content (AvgIpc) is 2.85. The fourth-order valence-corrected chi connectivity index (χ4v) is 2.87. The Morgan fingerprint density at radius 1 is 1.05 bits per heavy atom. The predicted octanol–water partition coefficient (Wildman–Crippen LogP) is 1.80. The first-order valence-electron chi connectivity index (χ1n) is 6.97. The minimum Gasteiger partial charge on any atom is -0.341 e.